The number of benzene rings is 1. The van der Waals surface area contributed by atoms with Gasteiger partial charge in [0, 0.05) is 11.6 Å². The van der Waals surface area contributed by atoms with E-state index in [1.807, 2.05) is 29.8 Å². The van der Waals surface area contributed by atoms with Gasteiger partial charge in [0.25, 0.3) is 0 Å². The van der Waals surface area contributed by atoms with Crippen LogP contribution in [0.1, 0.15) is 30.8 Å². The van der Waals surface area contributed by atoms with Gasteiger partial charge in [0.1, 0.15) is 12.4 Å². The molecule has 0 saturated heterocycles. The molecule has 0 bridgehead atoms. The van der Waals surface area contributed by atoms with E-state index in [0.29, 0.717) is 6.61 Å². The van der Waals surface area contributed by atoms with Crippen LogP contribution in [0.3, 0.4) is 0 Å². The van der Waals surface area contributed by atoms with Gasteiger partial charge < -0.3 is 4.74 Å². The molecule has 0 unspecified atom stereocenters. The van der Waals surface area contributed by atoms with Gasteiger partial charge in [0.15, 0.2) is 0 Å². The average molecular weight is 358 g/mol. The number of nitrogens with zero attached hydrogens (tertiary/aromatic N) is 2. The van der Waals surface area contributed by atoms with Gasteiger partial charge in [-0.05, 0) is 60.0 Å². The van der Waals surface area contributed by atoms with Crippen molar-refractivity contribution in [1.29, 1.82) is 0 Å². The Hall–Kier alpha value is -1.000. The second-order valence-corrected chi connectivity index (χ2v) is 5.78. The number of halogens is 2. The van der Waals surface area contributed by atoms with Gasteiger partial charge >= 0.3 is 0 Å². The zero-order valence-corrected chi connectivity index (χ0v) is 14.3. The fourth-order valence-electron chi connectivity index (χ4n) is 2.01. The predicted molar refractivity (Wildman–Crippen MR) is 85.5 cm³/mol. The lowest BCUT2D eigenvalue weighted by Crippen LogP contribution is -2.06. The molecule has 0 N–H and O–H groups in total. The molecule has 0 atom stereocenters. The standard InChI is InChI=1S/C15H18BrClN2O/c1-4-13-15(16)14(19(5-2)18-13)9-20-11-6-7-12(17)10(3)8-11/h6-8H,4-5,9H2,1-3H3. The lowest BCUT2D eigenvalue weighted by atomic mass is 10.2. The molecule has 1 aromatic carbocycles. The topological polar surface area (TPSA) is 27.1 Å². The third-order valence-corrected chi connectivity index (χ3v) is 4.54. The maximum Gasteiger partial charge on any atom is 0.131 e. The Labute approximate surface area is 133 Å². The highest BCUT2D eigenvalue weighted by molar-refractivity contribution is 9.10. The van der Waals surface area contributed by atoms with Crippen LogP contribution in [0.25, 0.3) is 0 Å². The lowest BCUT2D eigenvalue weighted by molar-refractivity contribution is 0.291. The van der Waals surface area contributed by atoms with Gasteiger partial charge in [-0.3, -0.25) is 4.68 Å². The van der Waals surface area contributed by atoms with E-state index in [0.717, 1.165) is 45.2 Å². The van der Waals surface area contributed by atoms with Gasteiger partial charge in [-0.2, -0.15) is 5.10 Å². The van der Waals surface area contributed by atoms with Crippen molar-refractivity contribution in [1.82, 2.24) is 9.78 Å². The summed E-state index contributed by atoms with van der Waals surface area (Å²) in [6.45, 7) is 7.46. The molecule has 0 aliphatic heterocycles. The Morgan fingerprint density at radius 2 is 2.10 bits per heavy atom. The molecule has 0 amide bonds. The molecule has 0 saturated carbocycles. The quantitative estimate of drug-likeness (QED) is 0.771. The lowest BCUT2D eigenvalue weighted by Gasteiger charge is -2.09. The van der Waals surface area contributed by atoms with Crippen LogP contribution in [-0.2, 0) is 19.6 Å². The molecule has 1 aromatic heterocycles. The van der Waals surface area contributed by atoms with E-state index in [-0.39, 0.29) is 0 Å². The summed E-state index contributed by atoms with van der Waals surface area (Å²) in [6, 6.07) is 5.69. The highest BCUT2D eigenvalue weighted by Gasteiger charge is 2.14. The van der Waals surface area contributed by atoms with Crippen LogP contribution in [0.5, 0.6) is 5.75 Å². The zero-order chi connectivity index (χ0) is 14.7. The van der Waals surface area contributed by atoms with E-state index in [1.54, 1.807) is 0 Å². The smallest absolute Gasteiger partial charge is 0.131 e. The first-order chi connectivity index (χ1) is 9.56. The number of aromatic nitrogens is 2. The Morgan fingerprint density at radius 1 is 1.35 bits per heavy atom. The maximum atomic E-state index is 6.02. The van der Waals surface area contributed by atoms with Crippen molar-refractivity contribution in [2.75, 3.05) is 0 Å². The minimum Gasteiger partial charge on any atom is -0.487 e. The summed E-state index contributed by atoms with van der Waals surface area (Å²) in [5, 5.41) is 5.31. The minimum atomic E-state index is 0.489. The first-order valence-electron chi connectivity index (χ1n) is 6.69. The van der Waals surface area contributed by atoms with Crippen LogP contribution in [0.15, 0.2) is 22.7 Å². The van der Waals surface area contributed by atoms with E-state index in [2.05, 4.69) is 34.9 Å². The van der Waals surface area contributed by atoms with Crippen molar-refractivity contribution in [3.05, 3.63) is 44.6 Å². The second kappa shape index (κ2) is 6.64. The van der Waals surface area contributed by atoms with E-state index >= 15 is 0 Å². The third kappa shape index (κ3) is 3.18. The molecule has 0 spiro atoms. The molecule has 108 valence electrons. The molecule has 3 nitrogen and oxygen atoms in total. The van der Waals surface area contributed by atoms with Gasteiger partial charge in [0.05, 0.1) is 15.9 Å². The average Bonchev–Trinajstić information content (AvgIpc) is 2.76. The molecule has 0 radical (unpaired) electrons. The number of rotatable bonds is 5. The van der Waals surface area contributed by atoms with Crippen molar-refractivity contribution in [2.45, 2.75) is 40.3 Å². The first-order valence-corrected chi connectivity index (χ1v) is 7.86. The largest absolute Gasteiger partial charge is 0.487 e. The molecule has 2 rings (SSSR count). The molecule has 5 heteroatoms. The predicted octanol–water partition coefficient (Wildman–Crippen LogP) is 4.77. The molecule has 1 heterocycles. The Bertz CT molecular complexity index is 610. The van der Waals surface area contributed by atoms with E-state index in [1.165, 1.54) is 0 Å². The van der Waals surface area contributed by atoms with Crippen LogP contribution >= 0.6 is 27.5 Å². The molecule has 0 aliphatic carbocycles. The van der Waals surface area contributed by atoms with Crippen LogP contribution in [0.2, 0.25) is 5.02 Å². The van der Waals surface area contributed by atoms with Crippen LogP contribution in [0, 0.1) is 6.92 Å². The molecular weight excluding hydrogens is 340 g/mol. The highest BCUT2D eigenvalue weighted by atomic mass is 79.9. The van der Waals surface area contributed by atoms with E-state index in [4.69, 9.17) is 16.3 Å². The summed E-state index contributed by atoms with van der Waals surface area (Å²) in [7, 11) is 0. The Morgan fingerprint density at radius 3 is 2.70 bits per heavy atom. The summed E-state index contributed by atoms with van der Waals surface area (Å²) in [5.41, 5.74) is 3.15. The van der Waals surface area contributed by atoms with Crippen LogP contribution in [0.4, 0.5) is 0 Å². The molecule has 2 aromatic rings. The second-order valence-electron chi connectivity index (χ2n) is 4.58. The summed E-state index contributed by atoms with van der Waals surface area (Å²) in [5.74, 6) is 0.820. The van der Waals surface area contributed by atoms with Gasteiger partial charge in [-0.25, -0.2) is 0 Å². The fourth-order valence-corrected chi connectivity index (χ4v) is 2.81. The molecule has 0 aliphatic rings. The summed E-state index contributed by atoms with van der Waals surface area (Å²) in [6.07, 6.45) is 0.903. The van der Waals surface area contributed by atoms with E-state index in [9.17, 15) is 0 Å². The Balaban J connectivity index is 2.17. The van der Waals surface area contributed by atoms with Gasteiger partial charge in [0.2, 0.25) is 0 Å². The number of hydrogen-bond donors (Lipinski definition) is 0. The number of aryl methyl sites for hydroxylation is 3. The monoisotopic (exact) mass is 356 g/mol. The summed E-state index contributed by atoms with van der Waals surface area (Å²) in [4.78, 5) is 0. The minimum absolute atomic E-state index is 0.489. The van der Waals surface area contributed by atoms with Crippen molar-refractivity contribution in [2.24, 2.45) is 0 Å². The van der Waals surface area contributed by atoms with Crippen molar-refractivity contribution in [3.8, 4) is 5.75 Å². The van der Waals surface area contributed by atoms with Crippen LogP contribution in [-0.4, -0.2) is 9.78 Å². The van der Waals surface area contributed by atoms with Crippen LogP contribution < -0.4 is 4.74 Å². The van der Waals surface area contributed by atoms with E-state index < -0.39 is 0 Å². The zero-order valence-electron chi connectivity index (χ0n) is 11.9. The molecule has 0 fully saturated rings. The normalized spacial score (nSPS) is 10.8. The fraction of sp³-hybridized carbons (Fsp3) is 0.400. The van der Waals surface area contributed by atoms with Crippen molar-refractivity contribution >= 4 is 27.5 Å². The summed E-state index contributed by atoms with van der Waals surface area (Å²) < 4.78 is 8.89. The van der Waals surface area contributed by atoms with Crippen molar-refractivity contribution in [3.63, 3.8) is 0 Å². The third-order valence-electron chi connectivity index (χ3n) is 3.20. The number of hydrogen-bond acceptors (Lipinski definition) is 2. The highest BCUT2D eigenvalue weighted by Crippen LogP contribution is 2.25. The van der Waals surface area contributed by atoms with Gasteiger partial charge in [-0.1, -0.05) is 18.5 Å². The first kappa shape index (κ1) is 15.4. The Kier molecular flexibility index (Phi) is 5.11. The van der Waals surface area contributed by atoms with Gasteiger partial charge in [-0.15, -0.1) is 0 Å². The van der Waals surface area contributed by atoms with Crippen molar-refractivity contribution < 1.29 is 4.74 Å². The molecule has 20 heavy (non-hydrogen) atoms. The SMILES string of the molecule is CCc1nn(CC)c(COc2ccc(Cl)c(C)c2)c1Br. The maximum absolute atomic E-state index is 6.02. The molecular formula is C15H18BrClN2O. The summed E-state index contributed by atoms with van der Waals surface area (Å²) >= 11 is 9.63. The number of ether oxygens (including phenoxy) is 1.